The molecule has 0 unspecified atom stereocenters. The van der Waals surface area contributed by atoms with E-state index in [-0.39, 0.29) is 23.9 Å². The summed E-state index contributed by atoms with van der Waals surface area (Å²) in [6.45, 7) is 0. The minimum Gasteiger partial charge on any atom is -0.329 e. The zero-order valence-corrected chi connectivity index (χ0v) is 12.5. The Balaban J connectivity index is 1.73. The maximum atomic E-state index is 12.1. The molecule has 112 valence electrons. The molecule has 6 heteroatoms. The second-order valence-corrected chi connectivity index (χ2v) is 5.80. The van der Waals surface area contributed by atoms with Crippen LogP contribution in [0.2, 0.25) is 0 Å². The fourth-order valence-corrected chi connectivity index (χ4v) is 3.01. The molecular weight excluding hydrogens is 298 g/mol. The number of fused-ring (bicyclic) bond motifs is 1. The number of thiophene rings is 1. The van der Waals surface area contributed by atoms with Crippen LogP contribution in [0, 0.1) is 0 Å². The summed E-state index contributed by atoms with van der Waals surface area (Å²) in [4.78, 5) is 26.3. The molecule has 3 rings (SSSR count). The molecule has 2 heterocycles. The number of pyridine rings is 1. The third kappa shape index (κ3) is 3.08. The zero-order valence-electron chi connectivity index (χ0n) is 11.7. The Hall–Kier alpha value is -2.44. The highest BCUT2D eigenvalue weighted by molar-refractivity contribution is 7.07. The predicted octanol–water partition coefficient (Wildman–Crippen LogP) is 2.62. The van der Waals surface area contributed by atoms with E-state index in [4.69, 9.17) is 5.73 Å². The monoisotopic (exact) mass is 313 g/mol. The summed E-state index contributed by atoms with van der Waals surface area (Å²) in [5.41, 5.74) is 7.48. The first-order valence-corrected chi connectivity index (χ1v) is 7.77. The van der Waals surface area contributed by atoms with Crippen molar-refractivity contribution in [3.8, 4) is 0 Å². The van der Waals surface area contributed by atoms with Crippen LogP contribution in [-0.2, 0) is 4.79 Å². The molecular formula is C16H15N3O2S. The van der Waals surface area contributed by atoms with E-state index < -0.39 is 0 Å². The van der Waals surface area contributed by atoms with Gasteiger partial charge in [-0.15, -0.1) is 0 Å². The molecule has 3 aromatic rings. The number of carbonyl (C=O) groups excluding carboxylic acids is 1. The van der Waals surface area contributed by atoms with Gasteiger partial charge >= 0.3 is 0 Å². The Morgan fingerprint density at radius 1 is 1.32 bits per heavy atom. The van der Waals surface area contributed by atoms with Gasteiger partial charge in [0.25, 0.3) is 5.56 Å². The van der Waals surface area contributed by atoms with Gasteiger partial charge in [-0.25, -0.2) is 0 Å². The first kappa shape index (κ1) is 14.5. The van der Waals surface area contributed by atoms with Gasteiger partial charge in [-0.3, -0.25) is 9.59 Å². The topological polar surface area (TPSA) is 88.0 Å². The van der Waals surface area contributed by atoms with Crippen LogP contribution in [0.4, 0.5) is 5.69 Å². The van der Waals surface area contributed by atoms with Gasteiger partial charge in [0, 0.05) is 29.7 Å². The Morgan fingerprint density at radius 2 is 2.18 bits per heavy atom. The van der Waals surface area contributed by atoms with E-state index >= 15 is 0 Å². The van der Waals surface area contributed by atoms with Gasteiger partial charge in [-0.05, 0) is 52.0 Å². The Labute approximate surface area is 130 Å². The third-order valence-electron chi connectivity index (χ3n) is 3.43. The van der Waals surface area contributed by atoms with Crippen molar-refractivity contribution in [3.05, 3.63) is 63.2 Å². The lowest BCUT2D eigenvalue weighted by Gasteiger charge is -2.11. The molecule has 2 aromatic heterocycles. The third-order valence-corrected chi connectivity index (χ3v) is 4.14. The molecule has 22 heavy (non-hydrogen) atoms. The maximum Gasteiger partial charge on any atom is 0.255 e. The molecule has 5 nitrogen and oxygen atoms in total. The van der Waals surface area contributed by atoms with Gasteiger partial charge in [-0.2, -0.15) is 11.3 Å². The van der Waals surface area contributed by atoms with Crippen LogP contribution in [-0.4, -0.2) is 10.9 Å². The molecule has 1 aromatic carbocycles. The zero-order chi connectivity index (χ0) is 15.5. The number of hydrogen-bond acceptors (Lipinski definition) is 4. The van der Waals surface area contributed by atoms with Crippen molar-refractivity contribution in [1.82, 2.24) is 4.98 Å². The molecule has 0 radical (unpaired) electrons. The normalized spacial score (nSPS) is 12.2. The average molecular weight is 313 g/mol. The number of anilines is 1. The number of benzene rings is 1. The molecule has 0 saturated heterocycles. The fraction of sp³-hybridized carbons (Fsp3) is 0.125. The van der Waals surface area contributed by atoms with Crippen molar-refractivity contribution in [3.63, 3.8) is 0 Å². The number of aromatic nitrogens is 1. The largest absolute Gasteiger partial charge is 0.329 e. The molecule has 0 bridgehead atoms. The van der Waals surface area contributed by atoms with E-state index in [1.165, 1.54) is 0 Å². The Bertz CT molecular complexity index is 855. The summed E-state index contributed by atoms with van der Waals surface area (Å²) in [7, 11) is 0. The first-order chi connectivity index (χ1) is 10.6. The van der Waals surface area contributed by atoms with E-state index in [1.807, 2.05) is 16.8 Å². The minimum atomic E-state index is -0.311. The lowest BCUT2D eigenvalue weighted by atomic mass is 10.1. The number of nitrogens with two attached hydrogens (primary N) is 1. The SMILES string of the molecule is N[C@@H](CC(=O)Nc1ccc2c(=O)[nH]ccc2c1)c1ccsc1. The van der Waals surface area contributed by atoms with Gasteiger partial charge in [0.15, 0.2) is 0 Å². The summed E-state index contributed by atoms with van der Waals surface area (Å²) in [5, 5.41) is 8.08. The molecule has 0 aliphatic carbocycles. The standard InChI is InChI=1S/C16H15N3O2S/c17-14(11-4-6-22-9-11)8-15(20)19-12-1-2-13-10(7-12)3-5-18-16(13)21/h1-7,9,14H,8,17H2,(H,18,21)(H,19,20)/t14-/m0/s1. The summed E-state index contributed by atoms with van der Waals surface area (Å²) >= 11 is 1.56. The maximum absolute atomic E-state index is 12.1. The number of H-pyrrole nitrogens is 1. The molecule has 1 atom stereocenters. The van der Waals surface area contributed by atoms with E-state index in [2.05, 4.69) is 10.3 Å². The molecule has 1 amide bonds. The summed E-state index contributed by atoms with van der Waals surface area (Å²) in [6, 6.07) is 8.59. The summed E-state index contributed by atoms with van der Waals surface area (Å²) in [6.07, 6.45) is 1.80. The van der Waals surface area contributed by atoms with Gasteiger partial charge in [0.05, 0.1) is 0 Å². The van der Waals surface area contributed by atoms with Crippen molar-refractivity contribution in [2.24, 2.45) is 5.73 Å². The number of nitrogens with one attached hydrogen (secondary N) is 2. The van der Waals surface area contributed by atoms with Crippen molar-refractivity contribution >= 4 is 33.7 Å². The van der Waals surface area contributed by atoms with Gasteiger partial charge in [0.2, 0.25) is 5.91 Å². The lowest BCUT2D eigenvalue weighted by Crippen LogP contribution is -2.20. The fourth-order valence-electron chi connectivity index (χ4n) is 2.29. The second kappa shape index (κ2) is 6.13. The van der Waals surface area contributed by atoms with Crippen LogP contribution in [0.1, 0.15) is 18.0 Å². The first-order valence-electron chi connectivity index (χ1n) is 6.82. The average Bonchev–Trinajstić information content (AvgIpc) is 3.01. The van der Waals surface area contributed by atoms with E-state index in [0.29, 0.717) is 11.1 Å². The summed E-state index contributed by atoms with van der Waals surface area (Å²) < 4.78 is 0. The molecule has 4 N–H and O–H groups in total. The number of amides is 1. The van der Waals surface area contributed by atoms with Crippen molar-refractivity contribution in [2.75, 3.05) is 5.32 Å². The Morgan fingerprint density at radius 3 is 2.95 bits per heavy atom. The molecule has 0 fully saturated rings. The second-order valence-electron chi connectivity index (χ2n) is 5.02. The van der Waals surface area contributed by atoms with Gasteiger partial charge < -0.3 is 16.0 Å². The van der Waals surface area contributed by atoms with Crippen LogP contribution in [0.3, 0.4) is 0 Å². The van der Waals surface area contributed by atoms with Crippen LogP contribution in [0.5, 0.6) is 0 Å². The van der Waals surface area contributed by atoms with Crippen LogP contribution in [0.25, 0.3) is 10.8 Å². The number of rotatable bonds is 4. The lowest BCUT2D eigenvalue weighted by molar-refractivity contribution is -0.116. The van der Waals surface area contributed by atoms with Crippen LogP contribution < -0.4 is 16.6 Å². The van der Waals surface area contributed by atoms with Crippen molar-refractivity contribution < 1.29 is 4.79 Å². The van der Waals surface area contributed by atoms with Crippen LogP contribution >= 0.6 is 11.3 Å². The van der Waals surface area contributed by atoms with Crippen molar-refractivity contribution in [2.45, 2.75) is 12.5 Å². The van der Waals surface area contributed by atoms with Crippen LogP contribution in [0.15, 0.2) is 52.1 Å². The van der Waals surface area contributed by atoms with E-state index in [9.17, 15) is 9.59 Å². The molecule has 0 aliphatic heterocycles. The van der Waals surface area contributed by atoms with Gasteiger partial charge in [0.1, 0.15) is 0 Å². The Kier molecular flexibility index (Phi) is 4.04. The molecule has 0 saturated carbocycles. The highest BCUT2D eigenvalue weighted by Gasteiger charge is 2.12. The van der Waals surface area contributed by atoms with Gasteiger partial charge in [-0.1, -0.05) is 0 Å². The van der Waals surface area contributed by atoms with Crippen molar-refractivity contribution in [1.29, 1.82) is 0 Å². The predicted molar refractivity (Wildman–Crippen MR) is 89.1 cm³/mol. The minimum absolute atomic E-state index is 0.144. The number of hydrogen-bond donors (Lipinski definition) is 3. The highest BCUT2D eigenvalue weighted by atomic mass is 32.1. The highest BCUT2D eigenvalue weighted by Crippen LogP contribution is 2.19. The molecule has 0 aliphatic rings. The smallest absolute Gasteiger partial charge is 0.255 e. The summed E-state index contributed by atoms with van der Waals surface area (Å²) in [5.74, 6) is -0.150. The van der Waals surface area contributed by atoms with E-state index in [1.54, 1.807) is 41.8 Å². The number of carbonyl (C=O) groups is 1. The van der Waals surface area contributed by atoms with E-state index in [0.717, 1.165) is 10.9 Å². The number of aromatic amines is 1. The molecule has 0 spiro atoms. The quantitative estimate of drug-likeness (QED) is 0.692.